The molecule has 1 nitrogen and oxygen atoms in total. The van der Waals surface area contributed by atoms with Gasteiger partial charge in [0.15, 0.2) is 0 Å². The van der Waals surface area contributed by atoms with Crippen molar-refractivity contribution >= 4 is 0 Å². The van der Waals surface area contributed by atoms with E-state index in [-0.39, 0.29) is 0 Å². The van der Waals surface area contributed by atoms with E-state index in [0.29, 0.717) is 5.41 Å². The molecule has 0 radical (unpaired) electrons. The summed E-state index contributed by atoms with van der Waals surface area (Å²) < 4.78 is 0. The summed E-state index contributed by atoms with van der Waals surface area (Å²) in [4.78, 5) is 2.69. The van der Waals surface area contributed by atoms with Crippen LogP contribution in [0.15, 0.2) is 11.1 Å². The molecule has 2 atom stereocenters. The standard InChI is InChI=1S/C19H33N/c1-12(2)17-15-11-16(15)19(18(17)13(3)4)7-9-20(10-8-19)14(5)6/h12-16H,7-11H2,1-6H3/t15-,16+/m1/s1. The minimum atomic E-state index is 0.601. The maximum absolute atomic E-state index is 2.69. The Balaban J connectivity index is 1.90. The van der Waals surface area contributed by atoms with Gasteiger partial charge in [0.1, 0.15) is 0 Å². The molecule has 1 saturated heterocycles. The molecule has 0 unspecified atom stereocenters. The summed E-state index contributed by atoms with van der Waals surface area (Å²) in [6, 6.07) is 0.722. The van der Waals surface area contributed by atoms with E-state index in [4.69, 9.17) is 0 Å². The van der Waals surface area contributed by atoms with E-state index in [0.717, 1.165) is 29.7 Å². The maximum atomic E-state index is 2.69. The fourth-order valence-electron chi connectivity index (χ4n) is 5.56. The van der Waals surface area contributed by atoms with E-state index in [1.165, 1.54) is 32.4 Å². The molecular weight excluding hydrogens is 242 g/mol. The van der Waals surface area contributed by atoms with Crippen LogP contribution in [-0.4, -0.2) is 24.0 Å². The van der Waals surface area contributed by atoms with Gasteiger partial charge in [-0.05, 0) is 75.3 Å². The van der Waals surface area contributed by atoms with E-state index in [2.05, 4.69) is 46.4 Å². The Kier molecular flexibility index (Phi) is 3.56. The van der Waals surface area contributed by atoms with Gasteiger partial charge < -0.3 is 4.90 Å². The number of likely N-dealkylation sites (tertiary alicyclic amines) is 1. The highest BCUT2D eigenvalue weighted by molar-refractivity contribution is 5.41. The first kappa shape index (κ1) is 14.6. The number of piperidine rings is 1. The Bertz CT molecular complexity index is 407. The lowest BCUT2D eigenvalue weighted by Crippen LogP contribution is -2.45. The van der Waals surface area contributed by atoms with Gasteiger partial charge in [-0.2, -0.15) is 0 Å². The number of rotatable bonds is 3. The number of hydrogen-bond donors (Lipinski definition) is 0. The Morgan fingerprint density at radius 3 is 2.00 bits per heavy atom. The average Bonchev–Trinajstić information content (AvgIpc) is 3.10. The van der Waals surface area contributed by atoms with Gasteiger partial charge in [-0.3, -0.25) is 0 Å². The molecule has 0 aromatic rings. The lowest BCUT2D eigenvalue weighted by atomic mass is 9.66. The van der Waals surface area contributed by atoms with Gasteiger partial charge in [0.2, 0.25) is 0 Å². The third-order valence-corrected chi connectivity index (χ3v) is 6.37. The predicted octanol–water partition coefficient (Wildman–Crippen LogP) is 4.74. The summed E-state index contributed by atoms with van der Waals surface area (Å²) in [5.74, 6) is 3.51. The molecule has 3 aliphatic rings. The van der Waals surface area contributed by atoms with Crippen molar-refractivity contribution in [3.05, 3.63) is 11.1 Å². The molecule has 114 valence electrons. The third-order valence-electron chi connectivity index (χ3n) is 6.37. The second kappa shape index (κ2) is 4.87. The summed E-state index contributed by atoms with van der Waals surface area (Å²) in [5, 5.41) is 0. The van der Waals surface area contributed by atoms with E-state index in [9.17, 15) is 0 Å². The first-order valence-electron chi connectivity index (χ1n) is 8.87. The van der Waals surface area contributed by atoms with Crippen LogP contribution in [0.3, 0.4) is 0 Å². The molecule has 1 saturated carbocycles. The van der Waals surface area contributed by atoms with Crippen molar-refractivity contribution in [1.29, 1.82) is 0 Å². The zero-order valence-electron chi connectivity index (χ0n) is 14.4. The van der Waals surface area contributed by atoms with Crippen molar-refractivity contribution in [3.8, 4) is 0 Å². The normalized spacial score (nSPS) is 32.9. The highest BCUT2D eigenvalue weighted by Crippen LogP contribution is 2.70. The van der Waals surface area contributed by atoms with Crippen LogP contribution in [0, 0.1) is 29.1 Å². The minimum Gasteiger partial charge on any atom is -0.301 e. The fourth-order valence-corrected chi connectivity index (χ4v) is 5.56. The fraction of sp³-hybridized carbons (Fsp3) is 0.895. The Morgan fingerprint density at radius 2 is 1.55 bits per heavy atom. The van der Waals surface area contributed by atoms with Crippen LogP contribution in [0.25, 0.3) is 0 Å². The van der Waals surface area contributed by atoms with Gasteiger partial charge >= 0.3 is 0 Å². The Labute approximate surface area is 125 Å². The molecule has 2 fully saturated rings. The monoisotopic (exact) mass is 275 g/mol. The number of allylic oxidation sites excluding steroid dienone is 2. The van der Waals surface area contributed by atoms with Crippen molar-refractivity contribution < 1.29 is 0 Å². The van der Waals surface area contributed by atoms with Crippen LogP contribution in [0.5, 0.6) is 0 Å². The molecule has 1 spiro atoms. The molecule has 1 aliphatic heterocycles. The second-order valence-electron chi connectivity index (χ2n) is 8.41. The van der Waals surface area contributed by atoms with Crippen molar-refractivity contribution in [2.75, 3.05) is 13.1 Å². The van der Waals surface area contributed by atoms with Gasteiger partial charge in [0, 0.05) is 6.04 Å². The second-order valence-corrected chi connectivity index (χ2v) is 8.41. The summed E-state index contributed by atoms with van der Waals surface area (Å²) in [6.45, 7) is 17.1. The number of hydrogen-bond acceptors (Lipinski definition) is 1. The molecule has 20 heavy (non-hydrogen) atoms. The average molecular weight is 275 g/mol. The van der Waals surface area contributed by atoms with E-state index in [1.54, 1.807) is 0 Å². The minimum absolute atomic E-state index is 0.601. The Hall–Kier alpha value is -0.300. The largest absolute Gasteiger partial charge is 0.301 e. The highest BCUT2D eigenvalue weighted by Gasteiger charge is 2.62. The van der Waals surface area contributed by atoms with Crippen molar-refractivity contribution in [3.63, 3.8) is 0 Å². The highest BCUT2D eigenvalue weighted by atomic mass is 15.2. The quantitative estimate of drug-likeness (QED) is 0.673. The Morgan fingerprint density at radius 1 is 0.950 bits per heavy atom. The predicted molar refractivity (Wildman–Crippen MR) is 86.7 cm³/mol. The molecular formula is C19H33N. The van der Waals surface area contributed by atoms with E-state index >= 15 is 0 Å². The topological polar surface area (TPSA) is 3.24 Å². The smallest absolute Gasteiger partial charge is 0.00386 e. The van der Waals surface area contributed by atoms with Crippen LogP contribution in [0.4, 0.5) is 0 Å². The summed E-state index contributed by atoms with van der Waals surface area (Å²) >= 11 is 0. The number of fused-ring (bicyclic) bond motifs is 2. The molecule has 0 aromatic heterocycles. The molecule has 0 N–H and O–H groups in total. The van der Waals surface area contributed by atoms with Crippen LogP contribution >= 0.6 is 0 Å². The van der Waals surface area contributed by atoms with Crippen molar-refractivity contribution in [2.45, 2.75) is 66.8 Å². The third kappa shape index (κ3) is 2.00. The van der Waals surface area contributed by atoms with Gasteiger partial charge in [0.25, 0.3) is 0 Å². The summed E-state index contributed by atoms with van der Waals surface area (Å²) in [7, 11) is 0. The van der Waals surface area contributed by atoms with E-state index < -0.39 is 0 Å². The van der Waals surface area contributed by atoms with Gasteiger partial charge in [-0.25, -0.2) is 0 Å². The van der Waals surface area contributed by atoms with Crippen LogP contribution < -0.4 is 0 Å². The first-order valence-corrected chi connectivity index (χ1v) is 8.87. The maximum Gasteiger partial charge on any atom is 0.00386 e. The van der Waals surface area contributed by atoms with Gasteiger partial charge in [-0.1, -0.05) is 38.8 Å². The molecule has 1 heteroatoms. The van der Waals surface area contributed by atoms with Crippen LogP contribution in [0.2, 0.25) is 0 Å². The lowest BCUT2D eigenvalue weighted by molar-refractivity contribution is 0.0884. The zero-order valence-corrected chi connectivity index (χ0v) is 14.4. The van der Waals surface area contributed by atoms with E-state index in [1.807, 2.05) is 11.1 Å². The van der Waals surface area contributed by atoms with Crippen LogP contribution in [0.1, 0.15) is 60.8 Å². The molecule has 1 heterocycles. The first-order chi connectivity index (χ1) is 9.38. The molecule has 0 aromatic carbocycles. The zero-order chi connectivity index (χ0) is 14.7. The van der Waals surface area contributed by atoms with Crippen molar-refractivity contribution in [2.24, 2.45) is 29.1 Å². The van der Waals surface area contributed by atoms with Crippen LogP contribution in [-0.2, 0) is 0 Å². The molecule has 3 rings (SSSR count). The number of nitrogens with zero attached hydrogens (tertiary/aromatic N) is 1. The SMILES string of the molecule is CC(C)C1=C(C(C)C)C2(CCN(C(C)C)CC2)[C@H]2C[C@@H]12. The molecule has 0 amide bonds. The van der Waals surface area contributed by atoms with Gasteiger partial charge in [0.05, 0.1) is 0 Å². The lowest BCUT2D eigenvalue weighted by Gasteiger charge is -2.45. The summed E-state index contributed by atoms with van der Waals surface area (Å²) in [6.07, 6.45) is 4.36. The molecule has 2 aliphatic carbocycles. The molecule has 0 bridgehead atoms. The van der Waals surface area contributed by atoms with Gasteiger partial charge in [-0.15, -0.1) is 0 Å². The van der Waals surface area contributed by atoms with Crippen molar-refractivity contribution in [1.82, 2.24) is 4.90 Å². The summed E-state index contributed by atoms with van der Waals surface area (Å²) in [5.41, 5.74) is 4.38.